The number of hydrogen-bond donors (Lipinski definition) is 1. The molecule has 0 aliphatic rings. The summed E-state index contributed by atoms with van der Waals surface area (Å²) in [5.41, 5.74) is 2.27. The quantitative estimate of drug-likeness (QED) is 0.777. The maximum atomic E-state index is 12.7. The molecule has 6 nitrogen and oxygen atoms in total. The maximum Gasteiger partial charge on any atom is 0.304 e. The van der Waals surface area contributed by atoms with Crippen LogP contribution in [0.5, 0.6) is 0 Å². The second-order valence-corrected chi connectivity index (χ2v) is 8.41. The molecule has 24 heavy (non-hydrogen) atoms. The first-order valence-electron chi connectivity index (χ1n) is 8.16. The van der Waals surface area contributed by atoms with Crippen LogP contribution in [0.4, 0.5) is 5.69 Å². The van der Waals surface area contributed by atoms with E-state index >= 15 is 0 Å². The number of anilines is 1. The molecule has 1 N–H and O–H groups in total. The Kier molecular flexibility index (Phi) is 7.23. The van der Waals surface area contributed by atoms with Crippen LogP contribution in [-0.2, 0) is 15.0 Å². The summed E-state index contributed by atoms with van der Waals surface area (Å²) in [6, 6.07) is 5.59. The van der Waals surface area contributed by atoms with E-state index in [1.165, 1.54) is 18.4 Å². The van der Waals surface area contributed by atoms with E-state index in [2.05, 4.69) is 5.32 Å². The van der Waals surface area contributed by atoms with Crippen molar-refractivity contribution in [3.8, 4) is 0 Å². The second kappa shape index (κ2) is 8.48. The second-order valence-electron chi connectivity index (χ2n) is 6.34. The molecule has 0 saturated carbocycles. The van der Waals surface area contributed by atoms with Gasteiger partial charge in [-0.05, 0) is 44.4 Å². The third-order valence-corrected chi connectivity index (χ3v) is 5.60. The van der Waals surface area contributed by atoms with Gasteiger partial charge in [0.05, 0.1) is 5.69 Å². The normalized spacial score (nSPS) is 13.0. The molecule has 0 spiro atoms. The molecule has 0 aromatic heterocycles. The van der Waals surface area contributed by atoms with Crippen LogP contribution in [0, 0.1) is 13.8 Å². The number of nitrogens with zero attached hydrogens (tertiary/aromatic N) is 2. The lowest BCUT2D eigenvalue weighted by molar-refractivity contribution is -0.120. The fraction of sp³-hybridized carbons (Fsp3) is 0.588. The van der Waals surface area contributed by atoms with Gasteiger partial charge in [-0.1, -0.05) is 25.5 Å². The zero-order valence-corrected chi connectivity index (χ0v) is 16.3. The maximum absolute atomic E-state index is 12.7. The number of carbonyl (C=O) groups excluding carboxylic acids is 1. The Morgan fingerprint density at radius 2 is 1.88 bits per heavy atom. The van der Waals surface area contributed by atoms with E-state index in [-0.39, 0.29) is 18.5 Å². The van der Waals surface area contributed by atoms with Crippen molar-refractivity contribution in [2.45, 2.75) is 46.6 Å². The number of benzene rings is 1. The highest BCUT2D eigenvalue weighted by Crippen LogP contribution is 2.25. The summed E-state index contributed by atoms with van der Waals surface area (Å²) in [6.07, 6.45) is 1.81. The highest BCUT2D eigenvalue weighted by molar-refractivity contribution is 7.90. The predicted molar refractivity (Wildman–Crippen MR) is 98.4 cm³/mol. The highest BCUT2D eigenvalue weighted by Gasteiger charge is 2.28. The lowest BCUT2D eigenvalue weighted by Gasteiger charge is -2.29. The summed E-state index contributed by atoms with van der Waals surface area (Å²) in [7, 11) is -0.842. The van der Waals surface area contributed by atoms with E-state index in [1.54, 1.807) is 6.07 Å². The number of rotatable bonds is 8. The molecule has 1 amide bonds. The first kappa shape index (κ1) is 20.4. The van der Waals surface area contributed by atoms with E-state index in [1.807, 2.05) is 39.8 Å². The van der Waals surface area contributed by atoms with Crippen molar-refractivity contribution in [3.05, 3.63) is 29.3 Å². The summed E-state index contributed by atoms with van der Waals surface area (Å²) in [5, 5.41) is 2.86. The number of nitrogens with one attached hydrogen (secondary N) is 1. The molecule has 0 radical (unpaired) electrons. The minimum atomic E-state index is -3.77. The van der Waals surface area contributed by atoms with Crippen LogP contribution in [0.1, 0.15) is 37.8 Å². The molecule has 1 unspecified atom stereocenters. The Morgan fingerprint density at radius 1 is 1.25 bits per heavy atom. The Bertz CT molecular complexity index is 672. The Hall–Kier alpha value is -1.60. The lowest BCUT2D eigenvalue weighted by atomic mass is 10.1. The van der Waals surface area contributed by atoms with Gasteiger partial charge in [0.2, 0.25) is 5.91 Å². The van der Waals surface area contributed by atoms with Gasteiger partial charge in [-0.3, -0.25) is 4.79 Å². The van der Waals surface area contributed by atoms with Crippen molar-refractivity contribution in [3.63, 3.8) is 0 Å². The highest BCUT2D eigenvalue weighted by atomic mass is 32.2. The van der Waals surface area contributed by atoms with E-state index < -0.39 is 10.2 Å². The van der Waals surface area contributed by atoms with Gasteiger partial charge in [0.25, 0.3) is 0 Å². The third kappa shape index (κ3) is 5.21. The fourth-order valence-corrected chi connectivity index (χ4v) is 3.55. The number of carbonyl (C=O) groups is 1. The molecule has 1 rings (SSSR count). The Morgan fingerprint density at radius 3 is 2.42 bits per heavy atom. The van der Waals surface area contributed by atoms with Crippen molar-refractivity contribution >= 4 is 21.8 Å². The van der Waals surface area contributed by atoms with Crippen molar-refractivity contribution in [2.75, 3.05) is 24.9 Å². The fourth-order valence-electron chi connectivity index (χ4n) is 2.43. The first-order valence-corrected chi connectivity index (χ1v) is 9.56. The van der Waals surface area contributed by atoms with E-state index in [4.69, 9.17) is 0 Å². The van der Waals surface area contributed by atoms with E-state index in [0.717, 1.165) is 28.3 Å². The van der Waals surface area contributed by atoms with Crippen LogP contribution in [0.3, 0.4) is 0 Å². The van der Waals surface area contributed by atoms with Gasteiger partial charge >= 0.3 is 10.2 Å². The molecule has 1 aromatic rings. The number of aryl methyl sites for hydroxylation is 2. The molecular formula is C17H29N3O3S. The van der Waals surface area contributed by atoms with Gasteiger partial charge < -0.3 is 5.32 Å². The van der Waals surface area contributed by atoms with Gasteiger partial charge in [0.15, 0.2) is 0 Å². The topological polar surface area (TPSA) is 69.7 Å². The average molecular weight is 356 g/mol. The summed E-state index contributed by atoms with van der Waals surface area (Å²) < 4.78 is 27.7. The summed E-state index contributed by atoms with van der Waals surface area (Å²) >= 11 is 0. The van der Waals surface area contributed by atoms with E-state index in [0.29, 0.717) is 5.69 Å². The number of amides is 1. The molecule has 0 fully saturated rings. The van der Waals surface area contributed by atoms with Crippen molar-refractivity contribution < 1.29 is 13.2 Å². The van der Waals surface area contributed by atoms with Crippen LogP contribution in [0.25, 0.3) is 0 Å². The molecular weight excluding hydrogens is 326 g/mol. The average Bonchev–Trinajstić information content (AvgIpc) is 2.47. The van der Waals surface area contributed by atoms with Crippen molar-refractivity contribution in [2.24, 2.45) is 0 Å². The molecule has 7 heteroatoms. The Balaban J connectivity index is 3.17. The van der Waals surface area contributed by atoms with Crippen molar-refractivity contribution in [1.82, 2.24) is 9.62 Å². The minimum Gasteiger partial charge on any atom is -0.352 e. The zero-order valence-electron chi connectivity index (χ0n) is 15.5. The summed E-state index contributed by atoms with van der Waals surface area (Å²) in [5.74, 6) is -0.303. The molecule has 0 aliphatic heterocycles. The minimum absolute atomic E-state index is 0.0185. The third-order valence-electron chi connectivity index (χ3n) is 3.79. The predicted octanol–water partition coefficient (Wildman–Crippen LogP) is 2.22. The standard InChI is InChI=1S/C17H29N3O3S/c1-7-8-15(4)18-17(21)12-20(24(22,23)19(5)6)16-11-13(2)9-10-14(16)3/h9-11,15H,7-8,12H2,1-6H3,(H,18,21). The van der Waals surface area contributed by atoms with Gasteiger partial charge in [-0.2, -0.15) is 12.7 Å². The zero-order chi connectivity index (χ0) is 18.5. The largest absolute Gasteiger partial charge is 0.352 e. The monoisotopic (exact) mass is 355 g/mol. The van der Waals surface area contributed by atoms with Crippen LogP contribution < -0.4 is 9.62 Å². The molecule has 1 atom stereocenters. The van der Waals surface area contributed by atoms with Gasteiger partial charge in [-0.15, -0.1) is 0 Å². The lowest BCUT2D eigenvalue weighted by Crippen LogP contribution is -2.47. The van der Waals surface area contributed by atoms with Crippen LogP contribution in [-0.4, -0.2) is 45.3 Å². The SMILES string of the molecule is CCCC(C)NC(=O)CN(c1cc(C)ccc1C)S(=O)(=O)N(C)C. The summed E-state index contributed by atoms with van der Waals surface area (Å²) in [6.45, 7) is 7.46. The molecule has 0 saturated heterocycles. The van der Waals surface area contributed by atoms with Gasteiger partial charge in [0.1, 0.15) is 6.54 Å². The molecule has 0 heterocycles. The molecule has 136 valence electrons. The Labute approximate surface area is 146 Å². The van der Waals surface area contributed by atoms with Gasteiger partial charge in [0, 0.05) is 20.1 Å². The van der Waals surface area contributed by atoms with Crippen molar-refractivity contribution in [1.29, 1.82) is 0 Å². The smallest absolute Gasteiger partial charge is 0.304 e. The molecule has 0 aliphatic carbocycles. The van der Waals surface area contributed by atoms with E-state index in [9.17, 15) is 13.2 Å². The van der Waals surface area contributed by atoms with Crippen LogP contribution in [0.2, 0.25) is 0 Å². The first-order chi connectivity index (χ1) is 11.1. The molecule has 0 bridgehead atoms. The van der Waals surface area contributed by atoms with Crippen LogP contribution >= 0.6 is 0 Å². The number of hydrogen-bond acceptors (Lipinski definition) is 3. The summed E-state index contributed by atoms with van der Waals surface area (Å²) in [4.78, 5) is 12.3. The van der Waals surface area contributed by atoms with Gasteiger partial charge in [-0.25, -0.2) is 4.31 Å². The molecule has 1 aromatic carbocycles. The van der Waals surface area contributed by atoms with Crippen LogP contribution in [0.15, 0.2) is 18.2 Å².